The average Bonchev–Trinajstić information content (AvgIpc) is 2.69. The number of hydrogen-bond donors (Lipinski definition) is 0. The summed E-state index contributed by atoms with van der Waals surface area (Å²) in [5.74, 6) is 0. The Morgan fingerprint density at radius 2 is 1.65 bits per heavy atom. The van der Waals surface area contributed by atoms with E-state index in [4.69, 9.17) is 11.6 Å². The molecule has 0 aliphatic rings. The minimum absolute atomic E-state index is 0.766. The van der Waals surface area contributed by atoms with Crippen molar-refractivity contribution >= 4 is 22.5 Å². The van der Waals surface area contributed by atoms with Crippen molar-refractivity contribution in [2.75, 3.05) is 0 Å². The highest BCUT2D eigenvalue weighted by atomic mass is 35.5. The van der Waals surface area contributed by atoms with Gasteiger partial charge in [0.15, 0.2) is 0 Å². The van der Waals surface area contributed by atoms with Crippen molar-refractivity contribution in [3.05, 3.63) is 65.3 Å². The first-order chi connectivity index (χ1) is 8.25. The zero-order chi connectivity index (χ0) is 11.8. The van der Waals surface area contributed by atoms with Crippen LogP contribution in [0, 0.1) is 6.92 Å². The van der Waals surface area contributed by atoms with Gasteiger partial charge in [0.1, 0.15) is 0 Å². The molecule has 0 unspecified atom stereocenters. The molecule has 0 saturated heterocycles. The Hall–Kier alpha value is -1.73. The number of para-hydroxylation sites is 1. The van der Waals surface area contributed by atoms with Gasteiger partial charge in [0, 0.05) is 22.3 Å². The van der Waals surface area contributed by atoms with E-state index in [0.29, 0.717) is 0 Å². The summed E-state index contributed by atoms with van der Waals surface area (Å²) in [4.78, 5) is 0. The third-order valence-electron chi connectivity index (χ3n) is 3.02. The molecule has 0 aliphatic carbocycles. The molecule has 17 heavy (non-hydrogen) atoms. The van der Waals surface area contributed by atoms with E-state index in [1.807, 2.05) is 24.3 Å². The minimum atomic E-state index is 0.766. The molecule has 0 aliphatic heterocycles. The number of hydrogen-bond acceptors (Lipinski definition) is 0. The second-order valence-corrected chi connectivity index (χ2v) is 4.61. The van der Waals surface area contributed by atoms with Gasteiger partial charge in [0.2, 0.25) is 0 Å². The summed E-state index contributed by atoms with van der Waals surface area (Å²) in [6.45, 7) is 2.13. The molecule has 0 amide bonds. The van der Waals surface area contributed by atoms with Crippen LogP contribution in [0.15, 0.2) is 54.7 Å². The van der Waals surface area contributed by atoms with Gasteiger partial charge in [-0.2, -0.15) is 0 Å². The highest BCUT2D eigenvalue weighted by molar-refractivity contribution is 6.30. The van der Waals surface area contributed by atoms with Crippen molar-refractivity contribution in [2.45, 2.75) is 6.92 Å². The van der Waals surface area contributed by atoms with E-state index in [9.17, 15) is 0 Å². The largest absolute Gasteiger partial charge is 0.316 e. The average molecular weight is 242 g/mol. The molecule has 84 valence electrons. The van der Waals surface area contributed by atoms with Crippen LogP contribution in [0.25, 0.3) is 16.6 Å². The molecule has 0 bridgehead atoms. The summed E-state index contributed by atoms with van der Waals surface area (Å²) in [6.07, 6.45) is 2.16. The fourth-order valence-electron chi connectivity index (χ4n) is 2.17. The van der Waals surface area contributed by atoms with Gasteiger partial charge in [0.25, 0.3) is 0 Å². The van der Waals surface area contributed by atoms with Crippen LogP contribution in [0.5, 0.6) is 0 Å². The van der Waals surface area contributed by atoms with E-state index in [0.717, 1.165) is 10.7 Å². The van der Waals surface area contributed by atoms with Gasteiger partial charge in [-0.25, -0.2) is 0 Å². The molecular weight excluding hydrogens is 230 g/mol. The van der Waals surface area contributed by atoms with E-state index < -0.39 is 0 Å². The predicted molar refractivity (Wildman–Crippen MR) is 73.0 cm³/mol. The molecule has 0 fully saturated rings. The van der Waals surface area contributed by atoms with Crippen LogP contribution < -0.4 is 0 Å². The molecule has 0 saturated carbocycles. The van der Waals surface area contributed by atoms with Crippen LogP contribution >= 0.6 is 11.6 Å². The van der Waals surface area contributed by atoms with Crippen LogP contribution in [0.3, 0.4) is 0 Å². The van der Waals surface area contributed by atoms with Crippen molar-refractivity contribution in [3.8, 4) is 5.69 Å². The summed E-state index contributed by atoms with van der Waals surface area (Å²) in [7, 11) is 0. The molecule has 1 aromatic heterocycles. The number of fused-ring (bicyclic) bond motifs is 1. The van der Waals surface area contributed by atoms with Gasteiger partial charge < -0.3 is 4.57 Å². The summed E-state index contributed by atoms with van der Waals surface area (Å²) in [5, 5.41) is 2.06. The molecule has 1 nitrogen and oxygen atoms in total. The smallest absolute Gasteiger partial charge is 0.0531 e. The first-order valence-electron chi connectivity index (χ1n) is 5.58. The number of halogens is 1. The van der Waals surface area contributed by atoms with Crippen molar-refractivity contribution < 1.29 is 0 Å². The summed E-state index contributed by atoms with van der Waals surface area (Å²) in [5.41, 5.74) is 3.65. The van der Waals surface area contributed by atoms with Crippen LogP contribution in [0.4, 0.5) is 0 Å². The molecule has 3 aromatic rings. The Kier molecular flexibility index (Phi) is 2.41. The highest BCUT2D eigenvalue weighted by Crippen LogP contribution is 2.24. The molecule has 2 heteroatoms. The topological polar surface area (TPSA) is 4.93 Å². The van der Waals surface area contributed by atoms with Gasteiger partial charge in [0.05, 0.1) is 5.52 Å². The maximum atomic E-state index is 5.91. The molecule has 0 atom stereocenters. The van der Waals surface area contributed by atoms with E-state index >= 15 is 0 Å². The van der Waals surface area contributed by atoms with Gasteiger partial charge >= 0.3 is 0 Å². The quantitative estimate of drug-likeness (QED) is 0.587. The number of rotatable bonds is 1. The van der Waals surface area contributed by atoms with Crippen LogP contribution in [0.1, 0.15) is 5.56 Å². The van der Waals surface area contributed by atoms with Gasteiger partial charge in [-0.3, -0.25) is 0 Å². The normalized spacial score (nSPS) is 10.9. The van der Waals surface area contributed by atoms with E-state index in [-0.39, 0.29) is 0 Å². The van der Waals surface area contributed by atoms with Crippen molar-refractivity contribution in [2.24, 2.45) is 0 Å². The predicted octanol–water partition coefficient (Wildman–Crippen LogP) is 4.59. The van der Waals surface area contributed by atoms with Crippen LogP contribution in [-0.4, -0.2) is 4.57 Å². The third kappa shape index (κ3) is 1.73. The second kappa shape index (κ2) is 3.94. The van der Waals surface area contributed by atoms with E-state index in [1.165, 1.54) is 16.5 Å². The molecule has 0 N–H and O–H groups in total. The standard InChI is InChI=1S/C15H12ClN/c1-11-10-17(13-8-6-12(16)7-9-13)15-5-3-2-4-14(11)15/h2-10H,1H3. The molecule has 0 spiro atoms. The van der Waals surface area contributed by atoms with Crippen molar-refractivity contribution in [1.29, 1.82) is 0 Å². The second-order valence-electron chi connectivity index (χ2n) is 4.18. The van der Waals surface area contributed by atoms with Crippen molar-refractivity contribution in [3.63, 3.8) is 0 Å². The number of aromatic nitrogens is 1. The lowest BCUT2D eigenvalue weighted by molar-refractivity contribution is 1.12. The Bertz CT molecular complexity index is 665. The number of aryl methyl sites for hydroxylation is 1. The molecule has 3 rings (SSSR count). The first-order valence-corrected chi connectivity index (χ1v) is 5.96. The first kappa shape index (κ1) is 10.4. The van der Waals surface area contributed by atoms with Gasteiger partial charge in [-0.15, -0.1) is 0 Å². The lowest BCUT2D eigenvalue weighted by Crippen LogP contribution is -1.90. The zero-order valence-corrected chi connectivity index (χ0v) is 10.3. The summed E-state index contributed by atoms with van der Waals surface area (Å²) < 4.78 is 2.20. The number of benzene rings is 2. The Morgan fingerprint density at radius 1 is 0.941 bits per heavy atom. The van der Waals surface area contributed by atoms with E-state index in [1.54, 1.807) is 0 Å². The van der Waals surface area contributed by atoms with Gasteiger partial charge in [-0.05, 0) is 42.8 Å². The fourth-order valence-corrected chi connectivity index (χ4v) is 2.29. The number of nitrogens with zero attached hydrogens (tertiary/aromatic N) is 1. The minimum Gasteiger partial charge on any atom is -0.316 e. The van der Waals surface area contributed by atoms with E-state index in [2.05, 4.69) is 42.0 Å². The Balaban J connectivity index is 2.27. The molecule has 0 radical (unpaired) electrons. The molecule has 1 heterocycles. The highest BCUT2D eigenvalue weighted by Gasteiger charge is 2.05. The van der Waals surface area contributed by atoms with Gasteiger partial charge in [-0.1, -0.05) is 29.8 Å². The van der Waals surface area contributed by atoms with Crippen LogP contribution in [0.2, 0.25) is 5.02 Å². The lowest BCUT2D eigenvalue weighted by atomic mass is 10.2. The SMILES string of the molecule is Cc1cn(-c2ccc(Cl)cc2)c2ccccc12. The fraction of sp³-hybridized carbons (Fsp3) is 0.0667. The molecule has 2 aromatic carbocycles. The maximum Gasteiger partial charge on any atom is 0.0531 e. The molecular formula is C15H12ClN. The summed E-state index contributed by atoms with van der Waals surface area (Å²) in [6, 6.07) is 16.3. The monoisotopic (exact) mass is 241 g/mol. The third-order valence-corrected chi connectivity index (χ3v) is 3.27. The summed E-state index contributed by atoms with van der Waals surface area (Å²) >= 11 is 5.91. The Morgan fingerprint density at radius 3 is 2.41 bits per heavy atom. The van der Waals surface area contributed by atoms with Crippen molar-refractivity contribution in [1.82, 2.24) is 4.57 Å². The zero-order valence-electron chi connectivity index (χ0n) is 9.52. The Labute approximate surface area is 105 Å². The van der Waals surface area contributed by atoms with Crippen LogP contribution in [-0.2, 0) is 0 Å². The lowest BCUT2D eigenvalue weighted by Gasteiger charge is -2.05. The maximum absolute atomic E-state index is 5.91.